The first-order chi connectivity index (χ1) is 15.7. The molecule has 1 fully saturated rings. The van der Waals surface area contributed by atoms with Crippen molar-refractivity contribution in [1.29, 1.82) is 5.26 Å². The van der Waals surface area contributed by atoms with Crippen LogP contribution in [0.5, 0.6) is 5.75 Å². The fourth-order valence-corrected chi connectivity index (χ4v) is 4.17. The van der Waals surface area contributed by atoms with Crippen LogP contribution in [0.1, 0.15) is 34.3 Å². The highest BCUT2D eigenvalue weighted by molar-refractivity contribution is 5.41. The quantitative estimate of drug-likeness (QED) is 0.628. The number of rotatable bonds is 8. The van der Waals surface area contributed by atoms with Crippen LogP contribution in [-0.4, -0.2) is 63.5 Å². The van der Waals surface area contributed by atoms with Gasteiger partial charge >= 0.3 is 6.36 Å². The Kier molecular flexibility index (Phi) is 8.32. The lowest BCUT2D eigenvalue weighted by atomic mass is 9.97. The molecule has 2 aromatic carbocycles. The van der Waals surface area contributed by atoms with E-state index in [1.165, 1.54) is 12.1 Å². The number of benzene rings is 2. The lowest BCUT2D eigenvalue weighted by Gasteiger charge is -2.37. The smallest absolute Gasteiger partial charge is 0.406 e. The van der Waals surface area contributed by atoms with Crippen molar-refractivity contribution in [3.8, 4) is 11.8 Å². The molecule has 1 aliphatic heterocycles. The highest BCUT2D eigenvalue weighted by atomic mass is 19.4. The zero-order valence-corrected chi connectivity index (χ0v) is 19.1. The molecule has 1 heterocycles. The van der Waals surface area contributed by atoms with Gasteiger partial charge in [-0.1, -0.05) is 24.3 Å². The Hall–Kier alpha value is -2.64. The van der Waals surface area contributed by atoms with Crippen LogP contribution in [0.4, 0.5) is 13.2 Å². The summed E-state index contributed by atoms with van der Waals surface area (Å²) in [5.74, 6) is -0.236. The van der Waals surface area contributed by atoms with Crippen molar-refractivity contribution in [3.63, 3.8) is 0 Å². The van der Waals surface area contributed by atoms with Crippen molar-refractivity contribution in [3.05, 3.63) is 64.7 Å². The molecule has 1 saturated heterocycles. The summed E-state index contributed by atoms with van der Waals surface area (Å²) < 4.78 is 41.4. The number of hydrogen-bond donors (Lipinski definition) is 2. The topological polar surface area (TPSA) is 63.6 Å². The molecule has 9 heteroatoms. The molecule has 0 saturated carbocycles. The zero-order chi connectivity index (χ0) is 24.0. The molecule has 2 aromatic rings. The summed E-state index contributed by atoms with van der Waals surface area (Å²) in [5, 5.41) is 16.4. The van der Waals surface area contributed by atoms with Crippen LogP contribution in [0, 0.1) is 11.3 Å². The molecule has 0 aliphatic carbocycles. The van der Waals surface area contributed by atoms with E-state index in [1.807, 2.05) is 33.3 Å². The van der Waals surface area contributed by atoms with Gasteiger partial charge in [-0.3, -0.25) is 4.90 Å². The van der Waals surface area contributed by atoms with E-state index in [9.17, 15) is 18.4 Å². The lowest BCUT2D eigenvalue weighted by Crippen LogP contribution is -2.45. The lowest BCUT2D eigenvalue weighted by molar-refractivity contribution is -0.274. The third kappa shape index (κ3) is 6.92. The van der Waals surface area contributed by atoms with Crippen molar-refractivity contribution in [2.75, 3.05) is 47.3 Å². The Morgan fingerprint density at radius 1 is 1.24 bits per heavy atom. The van der Waals surface area contributed by atoms with E-state index in [0.717, 1.165) is 36.3 Å². The Labute approximate surface area is 192 Å². The first kappa shape index (κ1) is 25.0. The number of likely N-dealkylation sites (N-methyl/N-ethyl adjacent to an activating group) is 2. The number of nitrogens with zero attached hydrogens (tertiary/aromatic N) is 3. The minimum atomic E-state index is -4.71. The van der Waals surface area contributed by atoms with Gasteiger partial charge in [0.15, 0.2) is 0 Å². The average Bonchev–Trinajstić information content (AvgIpc) is 2.77. The van der Waals surface area contributed by atoms with Crippen molar-refractivity contribution >= 4 is 0 Å². The van der Waals surface area contributed by atoms with E-state index < -0.39 is 6.36 Å². The second-order valence-electron chi connectivity index (χ2n) is 8.44. The molecule has 0 spiro atoms. The van der Waals surface area contributed by atoms with Crippen molar-refractivity contribution in [1.82, 2.24) is 20.4 Å². The molecule has 33 heavy (non-hydrogen) atoms. The van der Waals surface area contributed by atoms with E-state index in [1.54, 1.807) is 12.1 Å². The summed E-state index contributed by atoms with van der Waals surface area (Å²) in [6.07, 6.45) is -4.71. The van der Waals surface area contributed by atoms with Crippen LogP contribution in [0.2, 0.25) is 0 Å². The normalized spacial score (nSPS) is 18.2. The van der Waals surface area contributed by atoms with Crippen molar-refractivity contribution in [2.24, 2.45) is 0 Å². The van der Waals surface area contributed by atoms with E-state index in [4.69, 9.17) is 0 Å². The van der Waals surface area contributed by atoms with Gasteiger partial charge in [0, 0.05) is 44.8 Å². The van der Waals surface area contributed by atoms with Gasteiger partial charge in [-0.2, -0.15) is 5.26 Å². The number of hydrogen-bond acceptors (Lipinski definition) is 6. The molecule has 3 rings (SSSR count). The second kappa shape index (κ2) is 11.0. The average molecular weight is 462 g/mol. The van der Waals surface area contributed by atoms with Crippen LogP contribution in [0.15, 0.2) is 42.5 Å². The van der Waals surface area contributed by atoms with Gasteiger partial charge < -0.3 is 20.3 Å². The maximum Gasteiger partial charge on any atom is 0.573 e. The maximum atomic E-state index is 12.5. The SMILES string of the molecule is CNC(CN(C)C)c1ccc(C#N)c(CN2CCNCC2c2ccc(OC(F)(F)F)cc2)c1. The summed E-state index contributed by atoms with van der Waals surface area (Å²) in [4.78, 5) is 4.37. The van der Waals surface area contributed by atoms with E-state index in [2.05, 4.69) is 37.3 Å². The van der Waals surface area contributed by atoms with Crippen molar-refractivity contribution < 1.29 is 17.9 Å². The third-order valence-electron chi connectivity index (χ3n) is 5.77. The molecular weight excluding hydrogens is 431 g/mol. The summed E-state index contributed by atoms with van der Waals surface area (Å²) in [6.45, 7) is 3.62. The molecular formula is C24H30F3N5O. The van der Waals surface area contributed by atoms with Gasteiger partial charge in [0.1, 0.15) is 5.75 Å². The molecule has 0 radical (unpaired) electrons. The summed E-state index contributed by atoms with van der Waals surface area (Å²) in [5.41, 5.74) is 3.58. The second-order valence-corrected chi connectivity index (χ2v) is 8.44. The van der Waals surface area contributed by atoms with Gasteiger partial charge in [0.2, 0.25) is 0 Å². The Balaban J connectivity index is 1.83. The highest BCUT2D eigenvalue weighted by Crippen LogP contribution is 2.29. The zero-order valence-electron chi connectivity index (χ0n) is 19.1. The van der Waals surface area contributed by atoms with E-state index >= 15 is 0 Å². The summed E-state index contributed by atoms with van der Waals surface area (Å²) in [7, 11) is 5.96. The monoisotopic (exact) mass is 461 g/mol. The number of piperazine rings is 1. The predicted molar refractivity (Wildman–Crippen MR) is 121 cm³/mol. The molecule has 1 aliphatic rings. The summed E-state index contributed by atoms with van der Waals surface area (Å²) >= 11 is 0. The largest absolute Gasteiger partial charge is 0.573 e. The summed E-state index contributed by atoms with van der Waals surface area (Å²) in [6, 6.07) is 14.4. The minimum absolute atomic E-state index is 0.0317. The number of ether oxygens (including phenoxy) is 1. The predicted octanol–water partition coefficient (Wildman–Crippen LogP) is 3.43. The van der Waals surface area contributed by atoms with E-state index in [0.29, 0.717) is 18.7 Å². The van der Waals surface area contributed by atoms with Crippen LogP contribution in [-0.2, 0) is 6.54 Å². The molecule has 2 unspecified atom stereocenters. The van der Waals surface area contributed by atoms with Crippen LogP contribution >= 0.6 is 0 Å². The molecule has 178 valence electrons. The number of halogens is 3. The van der Waals surface area contributed by atoms with Gasteiger partial charge in [-0.15, -0.1) is 13.2 Å². The molecule has 2 N–H and O–H groups in total. The van der Waals surface area contributed by atoms with Gasteiger partial charge in [0.05, 0.1) is 11.6 Å². The van der Waals surface area contributed by atoms with Gasteiger partial charge in [-0.25, -0.2) is 0 Å². The van der Waals surface area contributed by atoms with Crippen molar-refractivity contribution in [2.45, 2.75) is 25.0 Å². The Morgan fingerprint density at radius 2 is 1.97 bits per heavy atom. The Bertz CT molecular complexity index is 956. The molecule has 6 nitrogen and oxygen atoms in total. The highest BCUT2D eigenvalue weighted by Gasteiger charge is 2.31. The first-order valence-electron chi connectivity index (χ1n) is 10.9. The molecule has 0 aromatic heterocycles. The van der Waals surface area contributed by atoms with Crippen LogP contribution in [0.25, 0.3) is 0 Å². The molecule has 0 bridgehead atoms. The van der Waals surface area contributed by atoms with Gasteiger partial charge in [-0.05, 0) is 56.0 Å². The molecule has 2 atom stereocenters. The van der Waals surface area contributed by atoms with E-state index in [-0.39, 0.29) is 17.8 Å². The maximum absolute atomic E-state index is 12.5. The number of alkyl halides is 3. The minimum Gasteiger partial charge on any atom is -0.406 e. The standard InChI is InChI=1S/C24H30F3N5O/c1-29-22(16-31(2)3)18-4-5-19(13-28)20(12-18)15-32-11-10-30-14-23(32)17-6-8-21(9-7-17)33-24(25,26)27/h4-9,12,22-23,29-30H,10-11,14-16H2,1-3H3. The molecule has 0 amide bonds. The fourth-order valence-electron chi connectivity index (χ4n) is 4.17. The van der Waals surface area contributed by atoms with Gasteiger partial charge in [0.25, 0.3) is 0 Å². The van der Waals surface area contributed by atoms with Crippen LogP contribution < -0.4 is 15.4 Å². The first-order valence-corrected chi connectivity index (χ1v) is 10.9. The fraction of sp³-hybridized carbons (Fsp3) is 0.458. The number of nitrogens with one attached hydrogen (secondary N) is 2. The number of nitriles is 1. The Morgan fingerprint density at radius 3 is 2.58 bits per heavy atom. The van der Waals surface area contributed by atoms with Crippen LogP contribution in [0.3, 0.4) is 0 Å². The third-order valence-corrected chi connectivity index (χ3v) is 5.77.